The van der Waals surface area contributed by atoms with Crippen LogP contribution in [0.2, 0.25) is 0 Å². The van der Waals surface area contributed by atoms with Crippen LogP contribution in [-0.2, 0) is 4.74 Å². The van der Waals surface area contributed by atoms with E-state index in [1.165, 1.54) is 64.2 Å². The second-order valence-corrected chi connectivity index (χ2v) is 6.09. The molecule has 0 spiro atoms. The predicted molar refractivity (Wildman–Crippen MR) is 95.5 cm³/mol. The Bertz CT molecular complexity index is 401. The molecule has 1 nitrogen and oxygen atoms in total. The van der Waals surface area contributed by atoms with Gasteiger partial charge in [0.15, 0.2) is 0 Å². The smallest absolute Gasteiger partial charge is 0.0950 e. The summed E-state index contributed by atoms with van der Waals surface area (Å²) < 4.78 is 5.66. The van der Waals surface area contributed by atoms with Crippen LogP contribution in [-0.4, -0.2) is 12.2 Å². The molecular weight excluding hydrogens is 268 g/mol. The van der Waals surface area contributed by atoms with Crippen molar-refractivity contribution in [1.29, 1.82) is 0 Å². The lowest BCUT2D eigenvalue weighted by molar-refractivity contribution is 0.359. The number of epoxide rings is 1. The zero-order valence-corrected chi connectivity index (χ0v) is 14.3. The highest BCUT2D eigenvalue weighted by Crippen LogP contribution is 2.29. The van der Waals surface area contributed by atoms with Crippen molar-refractivity contribution in [3.8, 4) is 23.7 Å². The molecule has 1 saturated heterocycles. The van der Waals surface area contributed by atoms with E-state index >= 15 is 0 Å². The lowest BCUT2D eigenvalue weighted by Gasteiger charge is -2.01. The minimum Gasteiger partial charge on any atom is -0.369 e. The minimum atomic E-state index is 0.397. The average molecular weight is 300 g/mol. The van der Waals surface area contributed by atoms with Crippen molar-refractivity contribution >= 4 is 0 Å². The maximum absolute atomic E-state index is 5.66. The fraction of sp³-hybridized carbons (Fsp3) is 0.714. The zero-order chi connectivity index (χ0) is 15.9. The fourth-order valence-electron chi connectivity index (χ4n) is 2.67. The molecule has 0 aliphatic carbocycles. The van der Waals surface area contributed by atoms with Gasteiger partial charge in [-0.1, -0.05) is 95.0 Å². The molecular formula is C21H32O. The molecule has 22 heavy (non-hydrogen) atoms. The van der Waals surface area contributed by atoms with Gasteiger partial charge in [-0.3, -0.25) is 0 Å². The summed E-state index contributed by atoms with van der Waals surface area (Å²) in [5, 5.41) is 0. The summed E-state index contributed by atoms with van der Waals surface area (Å²) in [6.45, 7) is 5.82. The zero-order valence-electron chi connectivity index (χ0n) is 14.3. The number of allylic oxidation sites excluding steroid dienone is 1. The monoisotopic (exact) mass is 300 g/mol. The van der Waals surface area contributed by atoms with Gasteiger partial charge in [-0.15, -0.1) is 0 Å². The van der Waals surface area contributed by atoms with Crippen LogP contribution in [0.15, 0.2) is 12.7 Å². The Morgan fingerprint density at radius 2 is 1.55 bits per heavy atom. The van der Waals surface area contributed by atoms with E-state index in [0.717, 1.165) is 6.42 Å². The first-order valence-corrected chi connectivity index (χ1v) is 9.09. The van der Waals surface area contributed by atoms with Crippen LogP contribution in [0.5, 0.6) is 0 Å². The van der Waals surface area contributed by atoms with Gasteiger partial charge in [-0.2, -0.15) is 0 Å². The summed E-state index contributed by atoms with van der Waals surface area (Å²) in [7, 11) is 0. The third kappa shape index (κ3) is 10.5. The van der Waals surface area contributed by atoms with Crippen LogP contribution in [0.3, 0.4) is 0 Å². The Kier molecular flexibility index (Phi) is 11.6. The fourth-order valence-corrected chi connectivity index (χ4v) is 2.67. The van der Waals surface area contributed by atoms with Gasteiger partial charge in [-0.05, 0) is 12.5 Å². The van der Waals surface area contributed by atoms with Crippen molar-refractivity contribution in [2.75, 3.05) is 0 Å². The quantitative estimate of drug-likeness (QED) is 0.273. The largest absolute Gasteiger partial charge is 0.369 e. The highest BCUT2D eigenvalue weighted by atomic mass is 16.6. The van der Waals surface area contributed by atoms with Gasteiger partial charge in [0.05, 0.1) is 18.6 Å². The summed E-state index contributed by atoms with van der Waals surface area (Å²) in [6, 6.07) is 0. The van der Waals surface area contributed by atoms with Gasteiger partial charge < -0.3 is 4.74 Å². The van der Waals surface area contributed by atoms with Gasteiger partial charge in [0.2, 0.25) is 0 Å². The van der Waals surface area contributed by atoms with Gasteiger partial charge in [0.1, 0.15) is 0 Å². The minimum absolute atomic E-state index is 0.397. The van der Waals surface area contributed by atoms with Gasteiger partial charge in [0.25, 0.3) is 0 Å². The molecule has 0 saturated carbocycles. The SMILES string of the molecule is C=CC#CCC#CC[C@@H]1O[C@H]1CCCCCCCCCCC. The highest BCUT2D eigenvalue weighted by Gasteiger charge is 2.36. The van der Waals surface area contributed by atoms with Crippen LogP contribution in [0.25, 0.3) is 0 Å². The molecule has 0 N–H and O–H groups in total. The molecule has 0 aromatic carbocycles. The van der Waals surface area contributed by atoms with E-state index in [4.69, 9.17) is 4.74 Å². The molecule has 1 aliphatic rings. The second kappa shape index (κ2) is 13.5. The molecule has 0 unspecified atom stereocenters. The van der Waals surface area contributed by atoms with Crippen LogP contribution < -0.4 is 0 Å². The molecule has 0 aromatic rings. The Morgan fingerprint density at radius 3 is 2.23 bits per heavy atom. The molecule has 1 fully saturated rings. The summed E-state index contributed by atoms with van der Waals surface area (Å²) in [6.07, 6.45) is 17.7. The Balaban J connectivity index is 1.84. The first kappa shape index (κ1) is 18.9. The molecule has 1 heterocycles. The van der Waals surface area contributed by atoms with E-state index in [2.05, 4.69) is 37.2 Å². The van der Waals surface area contributed by atoms with Crippen molar-refractivity contribution in [2.45, 2.75) is 96.2 Å². The first-order valence-electron chi connectivity index (χ1n) is 9.09. The third-order valence-electron chi connectivity index (χ3n) is 4.09. The molecule has 1 rings (SSSR count). The molecule has 0 radical (unpaired) electrons. The molecule has 1 heteroatoms. The van der Waals surface area contributed by atoms with Gasteiger partial charge >= 0.3 is 0 Å². The molecule has 122 valence electrons. The maximum Gasteiger partial charge on any atom is 0.0950 e. The van der Waals surface area contributed by atoms with Crippen molar-refractivity contribution < 1.29 is 4.74 Å². The summed E-state index contributed by atoms with van der Waals surface area (Å²) in [4.78, 5) is 0. The van der Waals surface area contributed by atoms with E-state index in [0.29, 0.717) is 18.6 Å². The van der Waals surface area contributed by atoms with Crippen LogP contribution in [0.4, 0.5) is 0 Å². The van der Waals surface area contributed by atoms with Gasteiger partial charge in [-0.25, -0.2) is 0 Å². The van der Waals surface area contributed by atoms with Crippen molar-refractivity contribution in [1.82, 2.24) is 0 Å². The summed E-state index contributed by atoms with van der Waals surface area (Å²) in [5.74, 6) is 12.0. The third-order valence-corrected chi connectivity index (χ3v) is 4.09. The number of rotatable bonds is 11. The van der Waals surface area contributed by atoms with E-state index in [-0.39, 0.29) is 0 Å². The number of unbranched alkanes of at least 4 members (excludes halogenated alkanes) is 8. The van der Waals surface area contributed by atoms with E-state index in [9.17, 15) is 0 Å². The Labute approximate surface area is 137 Å². The summed E-state index contributed by atoms with van der Waals surface area (Å²) >= 11 is 0. The van der Waals surface area contributed by atoms with Crippen LogP contribution in [0.1, 0.15) is 84.0 Å². The van der Waals surface area contributed by atoms with Crippen LogP contribution >= 0.6 is 0 Å². The van der Waals surface area contributed by atoms with Crippen molar-refractivity contribution in [3.05, 3.63) is 12.7 Å². The number of hydrogen-bond donors (Lipinski definition) is 0. The number of ether oxygens (including phenoxy) is 1. The van der Waals surface area contributed by atoms with Gasteiger partial charge in [0, 0.05) is 6.42 Å². The maximum atomic E-state index is 5.66. The lowest BCUT2D eigenvalue weighted by atomic mass is 10.0. The first-order chi connectivity index (χ1) is 10.9. The van der Waals surface area contributed by atoms with Crippen LogP contribution in [0, 0.1) is 23.7 Å². The topological polar surface area (TPSA) is 12.5 Å². The molecule has 0 aromatic heterocycles. The van der Waals surface area contributed by atoms with E-state index < -0.39 is 0 Å². The molecule has 2 atom stereocenters. The Hall–Kier alpha value is -1.18. The Morgan fingerprint density at radius 1 is 0.864 bits per heavy atom. The average Bonchev–Trinajstić information content (AvgIpc) is 3.27. The predicted octanol–water partition coefficient (Wildman–Crippen LogP) is 5.65. The highest BCUT2D eigenvalue weighted by molar-refractivity contribution is 5.18. The van der Waals surface area contributed by atoms with E-state index in [1.807, 2.05) is 0 Å². The normalized spacial score (nSPS) is 18.8. The van der Waals surface area contributed by atoms with E-state index in [1.54, 1.807) is 6.08 Å². The molecule has 1 aliphatic heterocycles. The van der Waals surface area contributed by atoms with Crippen molar-refractivity contribution in [2.24, 2.45) is 0 Å². The second-order valence-electron chi connectivity index (χ2n) is 6.09. The number of hydrogen-bond acceptors (Lipinski definition) is 1. The molecule has 0 bridgehead atoms. The standard InChI is InChI=1S/C21H32O/c1-3-5-7-9-11-12-13-15-17-19-21-20(22-21)18-16-14-10-8-6-4-2/h4,20-21H,2-3,5,7,9-13,15,17-19H2,1H3/t20-,21-/m0/s1. The summed E-state index contributed by atoms with van der Waals surface area (Å²) in [5.41, 5.74) is 0. The van der Waals surface area contributed by atoms with Crippen molar-refractivity contribution in [3.63, 3.8) is 0 Å². The molecule has 0 amide bonds. The lowest BCUT2D eigenvalue weighted by Crippen LogP contribution is -1.93.